The summed E-state index contributed by atoms with van der Waals surface area (Å²) in [6.45, 7) is 3.88. The number of hydrogen-bond acceptors (Lipinski definition) is 2. The molecule has 0 unspecified atom stereocenters. The zero-order valence-electron chi connectivity index (χ0n) is 12.4. The van der Waals surface area contributed by atoms with E-state index in [-0.39, 0.29) is 5.91 Å². The van der Waals surface area contributed by atoms with Gasteiger partial charge in [0.25, 0.3) is 5.91 Å². The van der Waals surface area contributed by atoms with E-state index in [9.17, 15) is 4.79 Å². The minimum atomic E-state index is -0.599. The van der Waals surface area contributed by atoms with Crippen molar-refractivity contribution < 1.29 is 9.53 Å². The smallest absolute Gasteiger partial charge is 0.265 e. The van der Waals surface area contributed by atoms with Crippen LogP contribution in [0.5, 0.6) is 5.75 Å². The standard InChI is InChI=1S/C17H17Cl2NO2/c1-3-15(22-12-9-7-11(2)8-10-12)17(21)20-14-6-4-5-13(18)16(14)19/h4-10,15H,3H2,1-2H3,(H,20,21)/t15-/m1/s1. The summed E-state index contributed by atoms with van der Waals surface area (Å²) in [5.74, 6) is 0.400. The van der Waals surface area contributed by atoms with E-state index < -0.39 is 6.10 Å². The quantitative estimate of drug-likeness (QED) is 0.824. The molecule has 0 saturated carbocycles. The first kappa shape index (κ1) is 16.7. The van der Waals surface area contributed by atoms with Crippen LogP contribution in [-0.2, 0) is 4.79 Å². The average molecular weight is 338 g/mol. The fraction of sp³-hybridized carbons (Fsp3) is 0.235. The lowest BCUT2D eigenvalue weighted by Gasteiger charge is -2.18. The van der Waals surface area contributed by atoms with E-state index in [1.807, 2.05) is 38.1 Å². The van der Waals surface area contributed by atoms with Gasteiger partial charge in [0.1, 0.15) is 5.75 Å². The molecule has 0 aliphatic carbocycles. The van der Waals surface area contributed by atoms with Gasteiger partial charge < -0.3 is 10.1 Å². The van der Waals surface area contributed by atoms with Crippen molar-refractivity contribution in [3.63, 3.8) is 0 Å². The lowest BCUT2D eigenvalue weighted by Crippen LogP contribution is -2.32. The Morgan fingerprint density at radius 3 is 2.50 bits per heavy atom. The van der Waals surface area contributed by atoms with Gasteiger partial charge in [-0.15, -0.1) is 0 Å². The van der Waals surface area contributed by atoms with E-state index in [0.29, 0.717) is 27.9 Å². The molecule has 2 aromatic rings. The number of aryl methyl sites for hydroxylation is 1. The fourth-order valence-electron chi connectivity index (χ4n) is 1.92. The van der Waals surface area contributed by atoms with Gasteiger partial charge in [0, 0.05) is 0 Å². The molecule has 0 spiro atoms. The number of halogens is 2. The first-order valence-electron chi connectivity index (χ1n) is 6.99. The topological polar surface area (TPSA) is 38.3 Å². The van der Waals surface area contributed by atoms with Gasteiger partial charge in [-0.3, -0.25) is 4.79 Å². The lowest BCUT2D eigenvalue weighted by molar-refractivity contribution is -0.122. The summed E-state index contributed by atoms with van der Waals surface area (Å²) in [5, 5.41) is 3.47. The molecule has 0 aliphatic rings. The van der Waals surface area contributed by atoms with Gasteiger partial charge in [0.15, 0.2) is 6.10 Å². The summed E-state index contributed by atoms with van der Waals surface area (Å²) in [6, 6.07) is 12.7. The summed E-state index contributed by atoms with van der Waals surface area (Å²) in [6.07, 6.45) is -0.0597. The summed E-state index contributed by atoms with van der Waals surface area (Å²) in [4.78, 5) is 12.3. The second-order valence-corrected chi connectivity index (χ2v) is 5.70. The van der Waals surface area contributed by atoms with E-state index >= 15 is 0 Å². The highest BCUT2D eigenvalue weighted by molar-refractivity contribution is 6.44. The van der Waals surface area contributed by atoms with Gasteiger partial charge in [-0.05, 0) is 37.6 Å². The molecule has 1 atom stereocenters. The summed E-state index contributed by atoms with van der Waals surface area (Å²) in [7, 11) is 0. The van der Waals surface area contributed by atoms with Crippen LogP contribution in [0.3, 0.4) is 0 Å². The molecule has 0 fully saturated rings. The Balaban J connectivity index is 2.08. The number of carbonyl (C=O) groups excluding carboxylic acids is 1. The second kappa shape index (κ2) is 7.52. The number of hydrogen-bond donors (Lipinski definition) is 1. The third kappa shape index (κ3) is 4.15. The van der Waals surface area contributed by atoms with Crippen LogP contribution in [0.2, 0.25) is 10.0 Å². The van der Waals surface area contributed by atoms with Crippen LogP contribution in [-0.4, -0.2) is 12.0 Å². The van der Waals surface area contributed by atoms with Crippen molar-refractivity contribution in [3.05, 3.63) is 58.1 Å². The van der Waals surface area contributed by atoms with Crippen molar-refractivity contribution in [1.29, 1.82) is 0 Å². The Hall–Kier alpha value is -1.71. The molecule has 116 valence electrons. The highest BCUT2D eigenvalue weighted by Gasteiger charge is 2.19. The minimum Gasteiger partial charge on any atom is -0.481 e. The van der Waals surface area contributed by atoms with Crippen LogP contribution in [0.4, 0.5) is 5.69 Å². The van der Waals surface area contributed by atoms with Crippen molar-refractivity contribution in [2.24, 2.45) is 0 Å². The SMILES string of the molecule is CC[C@@H](Oc1ccc(C)cc1)C(=O)Nc1cccc(Cl)c1Cl. The molecule has 0 radical (unpaired) electrons. The zero-order valence-corrected chi connectivity index (χ0v) is 13.9. The van der Waals surface area contributed by atoms with Crippen molar-refractivity contribution in [2.45, 2.75) is 26.4 Å². The van der Waals surface area contributed by atoms with Crippen molar-refractivity contribution >= 4 is 34.8 Å². The molecular formula is C17H17Cl2NO2. The van der Waals surface area contributed by atoms with Crippen molar-refractivity contribution in [1.82, 2.24) is 0 Å². The number of benzene rings is 2. The molecule has 5 heteroatoms. The lowest BCUT2D eigenvalue weighted by atomic mass is 10.2. The van der Waals surface area contributed by atoms with Gasteiger partial charge in [-0.25, -0.2) is 0 Å². The molecule has 2 aromatic carbocycles. The Kier molecular flexibility index (Phi) is 5.69. The van der Waals surface area contributed by atoms with Gasteiger partial charge in [-0.1, -0.05) is 53.9 Å². The average Bonchev–Trinajstić information content (AvgIpc) is 2.51. The zero-order chi connectivity index (χ0) is 16.1. The van der Waals surface area contributed by atoms with Crippen molar-refractivity contribution in [3.8, 4) is 5.75 Å². The van der Waals surface area contributed by atoms with Crippen molar-refractivity contribution in [2.75, 3.05) is 5.32 Å². The molecule has 0 aromatic heterocycles. The monoisotopic (exact) mass is 337 g/mol. The van der Waals surface area contributed by atoms with Gasteiger partial charge in [0.2, 0.25) is 0 Å². The predicted octanol–water partition coefficient (Wildman–Crippen LogP) is 5.10. The van der Waals surface area contributed by atoms with E-state index in [4.69, 9.17) is 27.9 Å². The highest BCUT2D eigenvalue weighted by Crippen LogP contribution is 2.29. The molecule has 0 aliphatic heterocycles. The van der Waals surface area contributed by atoms with Gasteiger partial charge in [0.05, 0.1) is 15.7 Å². The molecule has 1 N–H and O–H groups in total. The fourth-order valence-corrected chi connectivity index (χ4v) is 2.26. The number of ether oxygens (including phenoxy) is 1. The van der Waals surface area contributed by atoms with E-state index in [1.165, 1.54) is 0 Å². The largest absolute Gasteiger partial charge is 0.481 e. The Bertz CT molecular complexity index is 656. The predicted molar refractivity (Wildman–Crippen MR) is 91.0 cm³/mol. The van der Waals surface area contributed by atoms with Crippen LogP contribution >= 0.6 is 23.2 Å². The van der Waals surface area contributed by atoms with Gasteiger partial charge >= 0.3 is 0 Å². The van der Waals surface area contributed by atoms with Crippen LogP contribution < -0.4 is 10.1 Å². The normalized spacial score (nSPS) is 11.8. The van der Waals surface area contributed by atoms with E-state index in [1.54, 1.807) is 18.2 Å². The number of anilines is 1. The Morgan fingerprint density at radius 2 is 1.86 bits per heavy atom. The number of amides is 1. The summed E-state index contributed by atoms with van der Waals surface area (Å²) >= 11 is 12.0. The van der Waals surface area contributed by atoms with E-state index in [2.05, 4.69) is 5.32 Å². The maximum absolute atomic E-state index is 12.3. The maximum atomic E-state index is 12.3. The third-order valence-corrected chi connectivity index (χ3v) is 3.99. The summed E-state index contributed by atoms with van der Waals surface area (Å²) in [5.41, 5.74) is 1.61. The maximum Gasteiger partial charge on any atom is 0.265 e. The first-order chi connectivity index (χ1) is 10.5. The minimum absolute atomic E-state index is 0.257. The Labute approximate surface area is 140 Å². The molecular weight excluding hydrogens is 321 g/mol. The Morgan fingerprint density at radius 1 is 1.18 bits per heavy atom. The van der Waals surface area contributed by atoms with Crippen LogP contribution in [0.25, 0.3) is 0 Å². The molecule has 1 amide bonds. The summed E-state index contributed by atoms with van der Waals surface area (Å²) < 4.78 is 5.73. The molecule has 3 nitrogen and oxygen atoms in total. The van der Waals surface area contributed by atoms with Crippen LogP contribution in [0.1, 0.15) is 18.9 Å². The second-order valence-electron chi connectivity index (χ2n) is 4.92. The first-order valence-corrected chi connectivity index (χ1v) is 7.75. The molecule has 0 heterocycles. The molecule has 2 rings (SSSR count). The van der Waals surface area contributed by atoms with Gasteiger partial charge in [-0.2, -0.15) is 0 Å². The van der Waals surface area contributed by atoms with Crippen LogP contribution in [0, 0.1) is 6.92 Å². The molecule has 22 heavy (non-hydrogen) atoms. The highest BCUT2D eigenvalue weighted by atomic mass is 35.5. The number of rotatable bonds is 5. The molecule has 0 saturated heterocycles. The number of nitrogens with one attached hydrogen (secondary N) is 1. The van der Waals surface area contributed by atoms with Crippen LogP contribution in [0.15, 0.2) is 42.5 Å². The molecule has 0 bridgehead atoms. The third-order valence-electron chi connectivity index (χ3n) is 3.17. The number of carbonyl (C=O) groups is 1. The van der Waals surface area contributed by atoms with E-state index in [0.717, 1.165) is 5.56 Å².